The lowest BCUT2D eigenvalue weighted by Gasteiger charge is -2.47. The van der Waals surface area contributed by atoms with Crippen LogP contribution in [0, 0.1) is 0 Å². The van der Waals surface area contributed by atoms with E-state index in [0.29, 0.717) is 10.9 Å². The topological polar surface area (TPSA) is 55.4 Å². The minimum Gasteiger partial charge on any atom is -0.375 e. The van der Waals surface area contributed by atoms with E-state index in [9.17, 15) is 8.42 Å². The van der Waals surface area contributed by atoms with Crippen LogP contribution in [0.25, 0.3) is 0 Å². The first-order valence-corrected chi connectivity index (χ1v) is 9.52. The van der Waals surface area contributed by atoms with Crippen molar-refractivity contribution in [3.05, 3.63) is 29.8 Å². The lowest BCUT2D eigenvalue weighted by Crippen LogP contribution is -2.50. The van der Waals surface area contributed by atoms with Crippen LogP contribution in [0.3, 0.4) is 0 Å². The summed E-state index contributed by atoms with van der Waals surface area (Å²) in [5.74, 6) is 0. The van der Waals surface area contributed by atoms with Crippen molar-refractivity contribution in [2.45, 2.75) is 55.2 Å². The van der Waals surface area contributed by atoms with Crippen molar-refractivity contribution < 1.29 is 13.2 Å². The average Bonchev–Trinajstić information content (AvgIpc) is 2.43. The van der Waals surface area contributed by atoms with Gasteiger partial charge in [-0.3, -0.25) is 0 Å². The van der Waals surface area contributed by atoms with Crippen LogP contribution in [0.15, 0.2) is 29.2 Å². The fraction of sp³-hybridized carbons (Fsp3) is 0.625. The Balaban J connectivity index is 1.55. The standard InChI is InChI=1S/C16H23NO3S/c1-21(18,19)15-5-3-13(4-6-15)12-17-14-7-10-20-16(11-14)8-2-9-16/h3-6,14,17H,2,7-12H2,1H3. The van der Waals surface area contributed by atoms with Crippen LogP contribution in [0.2, 0.25) is 0 Å². The third-order valence-electron chi connectivity index (χ3n) is 4.70. The zero-order chi connectivity index (χ0) is 14.9. The summed E-state index contributed by atoms with van der Waals surface area (Å²) in [6, 6.07) is 7.66. The Labute approximate surface area is 126 Å². The Morgan fingerprint density at radius 2 is 2.00 bits per heavy atom. The lowest BCUT2D eigenvalue weighted by atomic mass is 9.74. The zero-order valence-corrected chi connectivity index (χ0v) is 13.3. The molecule has 1 spiro atoms. The molecule has 1 aliphatic carbocycles. The highest BCUT2D eigenvalue weighted by molar-refractivity contribution is 7.90. The van der Waals surface area contributed by atoms with E-state index in [4.69, 9.17) is 4.74 Å². The summed E-state index contributed by atoms with van der Waals surface area (Å²) in [7, 11) is -3.10. The smallest absolute Gasteiger partial charge is 0.175 e. The van der Waals surface area contributed by atoms with E-state index in [2.05, 4.69) is 5.32 Å². The number of sulfone groups is 1. The summed E-state index contributed by atoms with van der Waals surface area (Å²) in [6.45, 7) is 1.63. The van der Waals surface area contributed by atoms with Crippen molar-refractivity contribution >= 4 is 9.84 Å². The summed E-state index contributed by atoms with van der Waals surface area (Å²) < 4.78 is 28.8. The molecule has 1 aliphatic heterocycles. The van der Waals surface area contributed by atoms with Crippen molar-refractivity contribution in [3.8, 4) is 0 Å². The largest absolute Gasteiger partial charge is 0.375 e. The van der Waals surface area contributed by atoms with E-state index in [1.807, 2.05) is 12.1 Å². The molecule has 3 rings (SSSR count). The molecule has 116 valence electrons. The monoisotopic (exact) mass is 309 g/mol. The second-order valence-corrected chi connectivity index (χ2v) is 8.39. The summed E-state index contributed by atoms with van der Waals surface area (Å²) >= 11 is 0. The molecule has 1 atom stereocenters. The van der Waals surface area contributed by atoms with Crippen LogP contribution in [-0.4, -0.2) is 32.9 Å². The summed E-state index contributed by atoms with van der Waals surface area (Å²) in [4.78, 5) is 0.380. The lowest BCUT2D eigenvalue weighted by molar-refractivity contribution is -0.135. The molecule has 2 aliphatic rings. The van der Waals surface area contributed by atoms with Crippen LogP contribution < -0.4 is 5.32 Å². The molecule has 0 radical (unpaired) electrons. The molecule has 1 heterocycles. The molecule has 1 saturated carbocycles. The Bertz CT molecular complexity index is 590. The van der Waals surface area contributed by atoms with Gasteiger partial charge in [0.25, 0.3) is 0 Å². The van der Waals surface area contributed by atoms with Gasteiger partial charge in [-0.25, -0.2) is 8.42 Å². The first kappa shape index (κ1) is 15.0. The van der Waals surface area contributed by atoms with Gasteiger partial charge in [0.15, 0.2) is 9.84 Å². The predicted octanol–water partition coefficient (Wildman–Crippen LogP) is 2.28. The van der Waals surface area contributed by atoms with Crippen LogP contribution in [0.5, 0.6) is 0 Å². The number of ether oxygens (including phenoxy) is 1. The van der Waals surface area contributed by atoms with Crippen molar-refractivity contribution in [2.24, 2.45) is 0 Å². The Kier molecular flexibility index (Phi) is 4.08. The van der Waals surface area contributed by atoms with Gasteiger partial charge in [-0.15, -0.1) is 0 Å². The molecule has 2 fully saturated rings. The first-order chi connectivity index (χ1) is 9.97. The van der Waals surface area contributed by atoms with Gasteiger partial charge in [0.2, 0.25) is 0 Å². The quantitative estimate of drug-likeness (QED) is 0.927. The third-order valence-corrected chi connectivity index (χ3v) is 5.83. The first-order valence-electron chi connectivity index (χ1n) is 7.63. The number of nitrogens with one attached hydrogen (secondary N) is 1. The van der Waals surface area contributed by atoms with Gasteiger partial charge >= 0.3 is 0 Å². The SMILES string of the molecule is CS(=O)(=O)c1ccc(CNC2CCOC3(CCC3)C2)cc1. The molecule has 0 amide bonds. The van der Waals surface area contributed by atoms with Gasteiger partial charge in [-0.2, -0.15) is 0 Å². The molecule has 1 unspecified atom stereocenters. The van der Waals surface area contributed by atoms with E-state index in [0.717, 1.165) is 31.6 Å². The maximum absolute atomic E-state index is 11.4. The van der Waals surface area contributed by atoms with Gasteiger partial charge in [0, 0.05) is 25.4 Å². The number of rotatable bonds is 4. The second-order valence-electron chi connectivity index (χ2n) is 6.37. The van der Waals surface area contributed by atoms with Gasteiger partial charge in [0.05, 0.1) is 10.5 Å². The fourth-order valence-electron chi connectivity index (χ4n) is 3.24. The molecule has 21 heavy (non-hydrogen) atoms. The molecule has 0 aromatic heterocycles. The van der Waals surface area contributed by atoms with Crippen LogP contribution in [-0.2, 0) is 21.1 Å². The van der Waals surface area contributed by atoms with E-state index in [-0.39, 0.29) is 5.60 Å². The van der Waals surface area contributed by atoms with E-state index in [1.165, 1.54) is 25.5 Å². The summed E-state index contributed by atoms with van der Waals surface area (Å²) in [6.07, 6.45) is 7.10. The van der Waals surface area contributed by atoms with E-state index in [1.54, 1.807) is 12.1 Å². The Morgan fingerprint density at radius 3 is 2.57 bits per heavy atom. The maximum atomic E-state index is 11.4. The molecule has 1 aromatic rings. The number of hydrogen-bond acceptors (Lipinski definition) is 4. The van der Waals surface area contributed by atoms with E-state index >= 15 is 0 Å². The molecule has 1 saturated heterocycles. The highest BCUT2D eigenvalue weighted by Gasteiger charge is 2.42. The van der Waals surface area contributed by atoms with Gasteiger partial charge in [-0.05, 0) is 49.8 Å². The summed E-state index contributed by atoms with van der Waals surface area (Å²) in [5.41, 5.74) is 1.28. The van der Waals surface area contributed by atoms with Gasteiger partial charge < -0.3 is 10.1 Å². The highest BCUT2D eigenvalue weighted by Crippen LogP contribution is 2.42. The minimum absolute atomic E-state index is 0.163. The normalized spacial score (nSPS) is 24.7. The molecule has 4 nitrogen and oxygen atoms in total. The molecule has 0 bridgehead atoms. The van der Waals surface area contributed by atoms with Crippen molar-refractivity contribution in [3.63, 3.8) is 0 Å². The Morgan fingerprint density at radius 1 is 1.29 bits per heavy atom. The van der Waals surface area contributed by atoms with Crippen LogP contribution in [0.1, 0.15) is 37.7 Å². The van der Waals surface area contributed by atoms with Gasteiger partial charge in [0.1, 0.15) is 0 Å². The third kappa shape index (κ3) is 3.47. The van der Waals surface area contributed by atoms with Crippen LogP contribution >= 0.6 is 0 Å². The molecular weight excluding hydrogens is 286 g/mol. The maximum Gasteiger partial charge on any atom is 0.175 e. The van der Waals surface area contributed by atoms with Gasteiger partial charge in [-0.1, -0.05) is 12.1 Å². The molecular formula is C16H23NO3S. The highest BCUT2D eigenvalue weighted by atomic mass is 32.2. The average molecular weight is 309 g/mol. The van der Waals surface area contributed by atoms with Crippen LogP contribution in [0.4, 0.5) is 0 Å². The number of hydrogen-bond donors (Lipinski definition) is 1. The minimum atomic E-state index is -3.10. The van der Waals surface area contributed by atoms with E-state index < -0.39 is 9.84 Å². The zero-order valence-electron chi connectivity index (χ0n) is 12.5. The van der Waals surface area contributed by atoms with Crippen molar-refractivity contribution in [2.75, 3.05) is 12.9 Å². The Hall–Kier alpha value is -0.910. The van der Waals surface area contributed by atoms with Crippen molar-refractivity contribution in [1.29, 1.82) is 0 Å². The fourth-order valence-corrected chi connectivity index (χ4v) is 3.87. The molecule has 1 N–H and O–H groups in total. The second kappa shape index (κ2) is 5.71. The number of benzene rings is 1. The van der Waals surface area contributed by atoms with Crippen molar-refractivity contribution in [1.82, 2.24) is 5.32 Å². The predicted molar refractivity (Wildman–Crippen MR) is 81.9 cm³/mol. The molecule has 5 heteroatoms. The molecule has 1 aromatic carbocycles. The summed E-state index contributed by atoms with van der Waals surface area (Å²) in [5, 5.41) is 3.59.